The molecule has 0 spiro atoms. The smallest absolute Gasteiger partial charge is 0.347 e. The summed E-state index contributed by atoms with van der Waals surface area (Å²) in [5.74, 6) is -2.73. The molecule has 2 fully saturated rings. The van der Waals surface area contributed by atoms with Crippen molar-refractivity contribution in [3.05, 3.63) is 11.6 Å². The molecular weight excluding hydrogens is 453 g/mol. The number of hydrogen-bond donors (Lipinski definition) is 1. The molecule has 0 saturated carbocycles. The number of nitrogens with two attached hydrogens (primary N) is 1. The number of ether oxygens (including phenoxy) is 5. The molecule has 0 aromatic carbocycles. The second-order valence-corrected chi connectivity index (χ2v) is 8.39. The van der Waals surface area contributed by atoms with Gasteiger partial charge in [-0.15, -0.1) is 0 Å². The summed E-state index contributed by atoms with van der Waals surface area (Å²) in [6.45, 7) is 5.27. The lowest BCUT2D eigenvalue weighted by atomic mass is 10.1. The summed E-state index contributed by atoms with van der Waals surface area (Å²) >= 11 is 5.97. The van der Waals surface area contributed by atoms with Gasteiger partial charge in [0.05, 0.1) is 19.5 Å². The third-order valence-corrected chi connectivity index (χ3v) is 5.54. The van der Waals surface area contributed by atoms with Crippen LogP contribution in [0.25, 0.3) is 11.2 Å². The van der Waals surface area contributed by atoms with Gasteiger partial charge in [0.15, 0.2) is 31.9 Å². The number of halogens is 1. The van der Waals surface area contributed by atoms with Crippen LogP contribution in [0.5, 0.6) is 0 Å². The standard InChI is InChI=1S/C17H21ClN5O7P/c1-4-26-14(24)15(31-25)27-5-7-9-10(30-17(2,3)29-9)13(28-7)23-6-20-8-11(19)21-16(18)22-12(8)23/h6-7,9-10,13,15H,4-5H2,1-3H3,(H2,19,21,22). The molecule has 0 radical (unpaired) electrons. The van der Waals surface area contributed by atoms with E-state index in [1.165, 1.54) is 6.33 Å². The van der Waals surface area contributed by atoms with E-state index in [9.17, 15) is 9.36 Å². The van der Waals surface area contributed by atoms with E-state index in [2.05, 4.69) is 15.0 Å². The number of rotatable bonds is 7. The minimum atomic E-state index is -1.27. The van der Waals surface area contributed by atoms with E-state index in [1.807, 2.05) is 0 Å². The highest BCUT2D eigenvalue weighted by atomic mass is 35.5. The van der Waals surface area contributed by atoms with Gasteiger partial charge in [0, 0.05) is 0 Å². The van der Waals surface area contributed by atoms with Crippen LogP contribution in [0.3, 0.4) is 0 Å². The first-order valence-corrected chi connectivity index (χ1v) is 10.8. The van der Waals surface area contributed by atoms with Crippen molar-refractivity contribution in [2.45, 2.75) is 56.9 Å². The average Bonchev–Trinajstić information content (AvgIpc) is 3.34. The van der Waals surface area contributed by atoms with Gasteiger partial charge in [-0.3, -0.25) is 9.13 Å². The number of imidazole rings is 1. The Morgan fingerprint density at radius 1 is 1.39 bits per heavy atom. The second-order valence-electron chi connectivity index (χ2n) is 7.37. The van der Waals surface area contributed by atoms with Crippen molar-refractivity contribution >= 4 is 43.0 Å². The van der Waals surface area contributed by atoms with Crippen LogP contribution < -0.4 is 5.73 Å². The Hall–Kier alpha value is -1.95. The molecular formula is C17H21ClN5O7P. The highest BCUT2D eigenvalue weighted by molar-refractivity contribution is 7.26. The third kappa shape index (κ3) is 4.23. The van der Waals surface area contributed by atoms with E-state index in [4.69, 9.17) is 41.0 Å². The van der Waals surface area contributed by atoms with Crippen molar-refractivity contribution in [3.63, 3.8) is 0 Å². The highest BCUT2D eigenvalue weighted by Gasteiger charge is 2.56. The number of carbonyl (C=O) groups excluding carboxylic acids is 1. The van der Waals surface area contributed by atoms with Crippen LogP contribution >= 0.6 is 20.1 Å². The number of esters is 1. The van der Waals surface area contributed by atoms with Crippen LogP contribution in [0.15, 0.2) is 6.33 Å². The Labute approximate surface area is 183 Å². The van der Waals surface area contributed by atoms with E-state index >= 15 is 0 Å². The van der Waals surface area contributed by atoms with Crippen molar-refractivity contribution < 1.29 is 33.0 Å². The molecule has 2 aromatic rings. The zero-order chi connectivity index (χ0) is 22.3. The summed E-state index contributed by atoms with van der Waals surface area (Å²) in [6, 6.07) is 0. The molecule has 0 bridgehead atoms. The van der Waals surface area contributed by atoms with Gasteiger partial charge in [0.2, 0.25) is 11.1 Å². The van der Waals surface area contributed by atoms with Gasteiger partial charge in [-0.1, -0.05) is 0 Å². The molecule has 5 unspecified atom stereocenters. The molecule has 31 heavy (non-hydrogen) atoms. The first kappa shape index (κ1) is 22.3. The van der Waals surface area contributed by atoms with E-state index in [0.29, 0.717) is 11.2 Å². The molecule has 2 aliphatic heterocycles. The van der Waals surface area contributed by atoms with Crippen LogP contribution in [-0.2, 0) is 33.0 Å². The monoisotopic (exact) mass is 473 g/mol. The molecule has 0 amide bonds. The summed E-state index contributed by atoms with van der Waals surface area (Å²) in [6.07, 6.45) is -0.896. The minimum absolute atomic E-state index is 0.0307. The number of nitrogen functional groups attached to an aromatic ring is 1. The molecule has 168 valence electrons. The van der Waals surface area contributed by atoms with Crippen molar-refractivity contribution in [3.8, 4) is 0 Å². The predicted molar refractivity (Wildman–Crippen MR) is 106 cm³/mol. The van der Waals surface area contributed by atoms with Gasteiger partial charge in [-0.05, 0) is 32.4 Å². The topological polar surface area (TPSA) is 150 Å². The fourth-order valence-corrected chi connectivity index (χ4v) is 4.13. The SMILES string of the molecule is CCOC(=O)C(OCC1OC(n2cnc3c(N)nc(Cl)nc32)C2OC(C)(C)OC12)P=O. The first-order valence-electron chi connectivity index (χ1n) is 9.51. The normalized spacial score (nSPS) is 28.1. The lowest BCUT2D eigenvalue weighted by Crippen LogP contribution is -2.35. The van der Waals surface area contributed by atoms with E-state index in [1.54, 1.807) is 25.3 Å². The van der Waals surface area contributed by atoms with Crippen molar-refractivity contribution in [1.29, 1.82) is 0 Å². The van der Waals surface area contributed by atoms with Crippen LogP contribution in [0.2, 0.25) is 5.28 Å². The lowest BCUT2D eigenvalue weighted by Gasteiger charge is -2.25. The summed E-state index contributed by atoms with van der Waals surface area (Å²) in [5, 5.41) is -0.0307. The van der Waals surface area contributed by atoms with Gasteiger partial charge in [0.1, 0.15) is 23.8 Å². The third-order valence-electron chi connectivity index (χ3n) is 4.82. The Bertz CT molecular complexity index is 1000. The largest absolute Gasteiger partial charge is 0.463 e. The average molecular weight is 474 g/mol. The van der Waals surface area contributed by atoms with Crippen LogP contribution in [0.1, 0.15) is 27.0 Å². The Morgan fingerprint density at radius 3 is 2.84 bits per heavy atom. The van der Waals surface area contributed by atoms with E-state index in [-0.39, 0.29) is 24.3 Å². The fraction of sp³-hybridized carbons (Fsp3) is 0.647. The second kappa shape index (κ2) is 8.53. The molecule has 4 heterocycles. The summed E-state index contributed by atoms with van der Waals surface area (Å²) in [4.78, 5) is 24.2. The zero-order valence-electron chi connectivity index (χ0n) is 16.9. The Morgan fingerprint density at radius 2 is 2.13 bits per heavy atom. The van der Waals surface area contributed by atoms with E-state index < -0.39 is 50.6 Å². The number of hydrogen-bond acceptors (Lipinski definition) is 11. The first-order chi connectivity index (χ1) is 14.7. The number of nitrogens with zero attached hydrogens (tertiary/aromatic N) is 4. The van der Waals surface area contributed by atoms with Crippen LogP contribution in [0, 0.1) is 0 Å². The quantitative estimate of drug-likeness (QED) is 0.355. The van der Waals surface area contributed by atoms with Crippen molar-refractivity contribution in [2.24, 2.45) is 0 Å². The number of aromatic nitrogens is 4. The number of carbonyl (C=O) groups is 1. The fourth-order valence-electron chi connectivity index (χ4n) is 3.66. The molecule has 12 nitrogen and oxygen atoms in total. The summed E-state index contributed by atoms with van der Waals surface area (Å²) in [5.41, 5.74) is 6.64. The molecule has 0 aliphatic carbocycles. The Kier molecular flexibility index (Phi) is 6.12. The van der Waals surface area contributed by atoms with Gasteiger partial charge >= 0.3 is 5.97 Å². The van der Waals surface area contributed by atoms with E-state index in [0.717, 1.165) is 0 Å². The van der Waals surface area contributed by atoms with Gasteiger partial charge in [-0.25, -0.2) is 9.78 Å². The van der Waals surface area contributed by atoms with Crippen LogP contribution in [0.4, 0.5) is 5.82 Å². The molecule has 2 aromatic heterocycles. The highest BCUT2D eigenvalue weighted by Crippen LogP contribution is 2.44. The molecule has 2 saturated heterocycles. The molecule has 2 N–H and O–H groups in total. The number of anilines is 1. The molecule has 5 atom stereocenters. The van der Waals surface area contributed by atoms with Gasteiger partial charge in [0.25, 0.3) is 0 Å². The molecule has 14 heteroatoms. The zero-order valence-corrected chi connectivity index (χ0v) is 18.6. The van der Waals surface area contributed by atoms with Crippen molar-refractivity contribution in [1.82, 2.24) is 19.5 Å². The maximum absolute atomic E-state index is 11.9. The molecule has 4 rings (SSSR count). The number of fused-ring (bicyclic) bond motifs is 2. The summed E-state index contributed by atoms with van der Waals surface area (Å²) in [7, 11) is -0.516. The van der Waals surface area contributed by atoms with Gasteiger partial charge < -0.3 is 29.4 Å². The summed E-state index contributed by atoms with van der Waals surface area (Å²) < 4.78 is 41.5. The lowest BCUT2D eigenvalue weighted by molar-refractivity contribution is -0.203. The van der Waals surface area contributed by atoms with Crippen molar-refractivity contribution in [2.75, 3.05) is 18.9 Å². The minimum Gasteiger partial charge on any atom is -0.463 e. The molecule has 2 aliphatic rings. The maximum atomic E-state index is 11.9. The predicted octanol–water partition coefficient (Wildman–Crippen LogP) is 1.68. The van der Waals surface area contributed by atoms with Gasteiger partial charge in [-0.2, -0.15) is 9.97 Å². The Balaban J connectivity index is 1.59. The maximum Gasteiger partial charge on any atom is 0.347 e. The van der Waals surface area contributed by atoms with Crippen LogP contribution in [-0.4, -0.2) is 68.6 Å².